The molecule has 6 heteroatoms. The number of halogens is 2. The maximum absolute atomic E-state index is 13.5. The Balaban J connectivity index is 0.00000400. The smallest absolute Gasteiger partial charge is 0.191 e. The normalized spacial score (nSPS) is 13.1. The van der Waals surface area contributed by atoms with E-state index in [1.165, 1.54) is 6.07 Å². The first kappa shape index (κ1) is 19.9. The first-order chi connectivity index (χ1) is 9.31. The monoisotopic (exact) mass is 409 g/mol. The minimum atomic E-state index is -0.350. The van der Waals surface area contributed by atoms with E-state index in [1.54, 1.807) is 25.2 Å². The topological polar surface area (TPSA) is 45.7 Å². The van der Waals surface area contributed by atoms with Crippen LogP contribution < -0.4 is 15.4 Å². The standard InChI is InChI=1S/C15H24FN3O.HI/c1-11(20-13-9-7-6-8-12(13)16)10-18-14(17-5)19-15(2,3)4;/h6-9,11H,10H2,1-5H3,(H2,17,18,19);1H. The quantitative estimate of drug-likeness (QED) is 0.456. The van der Waals surface area contributed by atoms with Gasteiger partial charge in [0.1, 0.15) is 6.10 Å². The average molecular weight is 409 g/mol. The van der Waals surface area contributed by atoms with Crippen molar-refractivity contribution in [3.05, 3.63) is 30.1 Å². The van der Waals surface area contributed by atoms with Crippen LogP contribution in [0.5, 0.6) is 5.75 Å². The van der Waals surface area contributed by atoms with Gasteiger partial charge in [-0.2, -0.15) is 0 Å². The van der Waals surface area contributed by atoms with Gasteiger partial charge in [0, 0.05) is 12.6 Å². The fourth-order valence-electron chi connectivity index (χ4n) is 1.57. The van der Waals surface area contributed by atoms with Gasteiger partial charge in [-0.3, -0.25) is 4.99 Å². The first-order valence-corrected chi connectivity index (χ1v) is 6.72. The highest BCUT2D eigenvalue weighted by Crippen LogP contribution is 2.16. The molecule has 0 radical (unpaired) electrons. The molecule has 21 heavy (non-hydrogen) atoms. The van der Waals surface area contributed by atoms with E-state index in [4.69, 9.17) is 4.74 Å². The summed E-state index contributed by atoms with van der Waals surface area (Å²) in [5, 5.41) is 6.40. The molecule has 0 bridgehead atoms. The molecule has 0 saturated heterocycles. The lowest BCUT2D eigenvalue weighted by Crippen LogP contribution is -2.49. The van der Waals surface area contributed by atoms with Gasteiger partial charge in [-0.1, -0.05) is 12.1 Å². The third-order valence-corrected chi connectivity index (χ3v) is 2.44. The van der Waals surface area contributed by atoms with Crippen LogP contribution in [0, 0.1) is 5.82 Å². The number of nitrogens with one attached hydrogen (secondary N) is 2. The second-order valence-electron chi connectivity index (χ2n) is 5.69. The highest BCUT2D eigenvalue weighted by Gasteiger charge is 2.13. The van der Waals surface area contributed by atoms with Gasteiger partial charge in [0.25, 0.3) is 0 Å². The second-order valence-corrected chi connectivity index (χ2v) is 5.69. The van der Waals surface area contributed by atoms with Crippen molar-refractivity contribution in [3.8, 4) is 5.75 Å². The summed E-state index contributed by atoms with van der Waals surface area (Å²) in [5.41, 5.74) is -0.0719. The lowest BCUT2D eigenvalue weighted by atomic mass is 10.1. The zero-order valence-corrected chi connectivity index (χ0v) is 15.6. The van der Waals surface area contributed by atoms with Crippen molar-refractivity contribution in [3.63, 3.8) is 0 Å². The maximum Gasteiger partial charge on any atom is 0.191 e. The van der Waals surface area contributed by atoms with Crippen LogP contribution in [0.25, 0.3) is 0 Å². The lowest BCUT2D eigenvalue weighted by Gasteiger charge is -2.25. The molecule has 2 N–H and O–H groups in total. The SMILES string of the molecule is CN=C(NCC(C)Oc1ccccc1F)NC(C)(C)C.I. The maximum atomic E-state index is 13.5. The summed E-state index contributed by atoms with van der Waals surface area (Å²) in [6.07, 6.45) is -0.176. The third-order valence-electron chi connectivity index (χ3n) is 2.44. The van der Waals surface area contributed by atoms with E-state index in [2.05, 4.69) is 36.4 Å². The number of aliphatic imine (C=N–C) groups is 1. The second kappa shape index (κ2) is 9.07. The molecule has 1 aromatic rings. The number of rotatable bonds is 4. The van der Waals surface area contributed by atoms with Crippen molar-refractivity contribution in [2.75, 3.05) is 13.6 Å². The van der Waals surface area contributed by atoms with E-state index >= 15 is 0 Å². The summed E-state index contributed by atoms with van der Waals surface area (Å²) in [5.74, 6) is 0.610. The Morgan fingerprint density at radius 1 is 1.33 bits per heavy atom. The van der Waals surface area contributed by atoms with E-state index in [0.717, 1.165) is 0 Å². The number of hydrogen-bond acceptors (Lipinski definition) is 2. The minimum absolute atomic E-state index is 0. The molecular formula is C15H25FIN3O. The van der Waals surface area contributed by atoms with Gasteiger partial charge < -0.3 is 15.4 Å². The van der Waals surface area contributed by atoms with E-state index in [-0.39, 0.29) is 47.2 Å². The molecule has 0 aromatic heterocycles. The van der Waals surface area contributed by atoms with Gasteiger partial charge in [0.2, 0.25) is 0 Å². The Kier molecular flexibility index (Phi) is 8.61. The molecule has 0 aliphatic heterocycles. The summed E-state index contributed by atoms with van der Waals surface area (Å²) < 4.78 is 19.0. The molecule has 0 saturated carbocycles. The van der Waals surface area contributed by atoms with Crippen molar-refractivity contribution in [2.45, 2.75) is 39.3 Å². The van der Waals surface area contributed by atoms with Crippen LogP contribution in [0.3, 0.4) is 0 Å². The van der Waals surface area contributed by atoms with Gasteiger partial charge >= 0.3 is 0 Å². The average Bonchev–Trinajstić information content (AvgIpc) is 2.36. The van der Waals surface area contributed by atoms with E-state index in [9.17, 15) is 4.39 Å². The highest BCUT2D eigenvalue weighted by atomic mass is 127. The summed E-state index contributed by atoms with van der Waals surface area (Å²) in [6, 6.07) is 6.39. The molecule has 0 aliphatic rings. The molecule has 0 fully saturated rings. The molecule has 0 aliphatic carbocycles. The molecule has 0 spiro atoms. The van der Waals surface area contributed by atoms with Gasteiger partial charge in [-0.15, -0.1) is 24.0 Å². The molecule has 1 aromatic carbocycles. The van der Waals surface area contributed by atoms with Crippen molar-refractivity contribution >= 4 is 29.9 Å². The van der Waals surface area contributed by atoms with Crippen LogP contribution in [0.15, 0.2) is 29.3 Å². The molecule has 1 unspecified atom stereocenters. The predicted molar refractivity (Wildman–Crippen MR) is 96.2 cm³/mol. The number of guanidine groups is 1. The van der Waals surface area contributed by atoms with Gasteiger partial charge in [-0.25, -0.2) is 4.39 Å². The van der Waals surface area contributed by atoms with Crippen LogP contribution in [0.4, 0.5) is 4.39 Å². The molecule has 1 atom stereocenters. The number of para-hydroxylation sites is 1. The fraction of sp³-hybridized carbons (Fsp3) is 0.533. The summed E-state index contributed by atoms with van der Waals surface area (Å²) in [7, 11) is 1.71. The summed E-state index contributed by atoms with van der Waals surface area (Å²) in [6.45, 7) is 8.57. The van der Waals surface area contributed by atoms with Crippen molar-refractivity contribution in [2.24, 2.45) is 4.99 Å². The van der Waals surface area contributed by atoms with E-state index in [0.29, 0.717) is 12.5 Å². The van der Waals surface area contributed by atoms with Crippen molar-refractivity contribution in [1.29, 1.82) is 0 Å². The zero-order chi connectivity index (χ0) is 15.2. The van der Waals surface area contributed by atoms with E-state index < -0.39 is 0 Å². The number of nitrogens with zero attached hydrogens (tertiary/aromatic N) is 1. The summed E-state index contributed by atoms with van der Waals surface area (Å²) >= 11 is 0. The molecule has 1 rings (SSSR count). The predicted octanol–water partition coefficient (Wildman–Crippen LogP) is 3.17. The fourth-order valence-corrected chi connectivity index (χ4v) is 1.57. The van der Waals surface area contributed by atoms with Crippen LogP contribution in [0.1, 0.15) is 27.7 Å². The molecule has 0 heterocycles. The molecule has 4 nitrogen and oxygen atoms in total. The highest BCUT2D eigenvalue weighted by molar-refractivity contribution is 14.0. The number of benzene rings is 1. The van der Waals surface area contributed by atoms with Gasteiger partial charge in [0.05, 0.1) is 6.54 Å². The van der Waals surface area contributed by atoms with E-state index in [1.807, 2.05) is 6.92 Å². The Morgan fingerprint density at radius 3 is 2.48 bits per heavy atom. The Bertz CT molecular complexity index is 460. The Hall–Kier alpha value is -1.05. The molecular weight excluding hydrogens is 384 g/mol. The zero-order valence-electron chi connectivity index (χ0n) is 13.2. The van der Waals surface area contributed by atoms with Crippen molar-refractivity contribution < 1.29 is 9.13 Å². The van der Waals surface area contributed by atoms with Crippen molar-refractivity contribution in [1.82, 2.24) is 10.6 Å². The third kappa shape index (κ3) is 8.08. The molecule has 0 amide bonds. The summed E-state index contributed by atoms with van der Waals surface area (Å²) in [4.78, 5) is 4.13. The minimum Gasteiger partial charge on any atom is -0.486 e. The number of hydrogen-bond donors (Lipinski definition) is 2. The van der Waals surface area contributed by atoms with Gasteiger partial charge in [-0.05, 0) is 39.8 Å². The Labute approximate surface area is 143 Å². The molecule has 120 valence electrons. The largest absolute Gasteiger partial charge is 0.486 e. The first-order valence-electron chi connectivity index (χ1n) is 6.72. The van der Waals surface area contributed by atoms with Gasteiger partial charge in [0.15, 0.2) is 17.5 Å². The van der Waals surface area contributed by atoms with Crippen LogP contribution in [0.2, 0.25) is 0 Å². The lowest BCUT2D eigenvalue weighted by molar-refractivity contribution is 0.213. The Morgan fingerprint density at radius 2 is 1.95 bits per heavy atom. The van der Waals surface area contributed by atoms with Crippen LogP contribution in [-0.2, 0) is 0 Å². The van der Waals surface area contributed by atoms with Crippen LogP contribution >= 0.6 is 24.0 Å². The van der Waals surface area contributed by atoms with Crippen LogP contribution in [-0.4, -0.2) is 31.2 Å². The number of ether oxygens (including phenoxy) is 1.